The van der Waals surface area contributed by atoms with E-state index in [0.717, 1.165) is 6.42 Å². The fourth-order valence-corrected chi connectivity index (χ4v) is 3.39. The van der Waals surface area contributed by atoms with Crippen LogP contribution in [0.2, 0.25) is 0 Å². The first-order chi connectivity index (χ1) is 9.09. The zero-order chi connectivity index (χ0) is 13.6. The molecule has 0 bridgehead atoms. The van der Waals surface area contributed by atoms with E-state index in [1.54, 1.807) is 0 Å². The lowest BCUT2D eigenvalue weighted by Gasteiger charge is -2.21. The molecule has 0 amide bonds. The second kappa shape index (κ2) is 4.06. The Morgan fingerprint density at radius 3 is 2.68 bits per heavy atom. The van der Waals surface area contributed by atoms with Gasteiger partial charge in [-0.1, -0.05) is 30.3 Å². The minimum absolute atomic E-state index is 0.0622. The molecular weight excluding hydrogens is 230 g/mol. The van der Waals surface area contributed by atoms with Crippen molar-refractivity contribution in [2.24, 2.45) is 0 Å². The molecule has 1 nitrogen and oxygen atoms in total. The Kier molecular flexibility index (Phi) is 2.60. The Morgan fingerprint density at radius 1 is 1.21 bits per heavy atom. The molecule has 1 aliphatic heterocycles. The molecule has 0 unspecified atom stereocenters. The second-order valence-corrected chi connectivity index (χ2v) is 5.65. The molecule has 1 aliphatic rings. The van der Waals surface area contributed by atoms with E-state index in [4.69, 9.17) is 0 Å². The maximum Gasteiger partial charge on any atom is 0.209 e. The summed E-state index contributed by atoms with van der Waals surface area (Å²) in [7, 11) is 2.16. The molecule has 0 N–H and O–H groups in total. The van der Waals surface area contributed by atoms with Gasteiger partial charge in [-0.15, -0.1) is 6.58 Å². The number of nitrogens with zero attached hydrogens (tertiary/aromatic N) is 1. The fourth-order valence-electron chi connectivity index (χ4n) is 3.39. The van der Waals surface area contributed by atoms with Crippen LogP contribution in [-0.2, 0) is 5.41 Å². The van der Waals surface area contributed by atoms with Crippen LogP contribution in [0.25, 0.3) is 10.8 Å². The lowest BCUT2D eigenvalue weighted by Crippen LogP contribution is -2.29. The standard InChI is InChI=1S/C18H20N/c1-5-12-18(3)13(2)19(4)16-11-10-14-8-6-7-9-15(14)17(16)18/h5-11H,1,12H2,2-4H3/q+1/t18-/m0/s1. The van der Waals surface area contributed by atoms with Gasteiger partial charge in [0.2, 0.25) is 5.69 Å². The number of benzene rings is 2. The lowest BCUT2D eigenvalue weighted by molar-refractivity contribution is -0.403. The van der Waals surface area contributed by atoms with Gasteiger partial charge < -0.3 is 0 Å². The van der Waals surface area contributed by atoms with Gasteiger partial charge in [0.05, 0.1) is 5.41 Å². The number of fused-ring (bicyclic) bond motifs is 3. The third-order valence-electron chi connectivity index (χ3n) is 4.67. The summed E-state index contributed by atoms with van der Waals surface area (Å²) in [4.78, 5) is 0. The van der Waals surface area contributed by atoms with Crippen LogP contribution in [0.5, 0.6) is 0 Å². The highest BCUT2D eigenvalue weighted by Gasteiger charge is 2.45. The summed E-state index contributed by atoms with van der Waals surface area (Å²) < 4.78 is 2.32. The van der Waals surface area contributed by atoms with Gasteiger partial charge >= 0.3 is 0 Å². The van der Waals surface area contributed by atoms with Gasteiger partial charge in [0.15, 0.2) is 5.71 Å². The van der Waals surface area contributed by atoms with Crippen molar-refractivity contribution >= 4 is 22.2 Å². The average molecular weight is 250 g/mol. The third kappa shape index (κ3) is 1.51. The minimum Gasteiger partial charge on any atom is -0.202 e. The van der Waals surface area contributed by atoms with Crippen LogP contribution >= 0.6 is 0 Å². The zero-order valence-electron chi connectivity index (χ0n) is 11.9. The average Bonchev–Trinajstić information content (AvgIpc) is 2.62. The van der Waals surface area contributed by atoms with Gasteiger partial charge in [0.25, 0.3) is 0 Å². The van der Waals surface area contributed by atoms with Crippen LogP contribution in [0.1, 0.15) is 25.8 Å². The lowest BCUT2D eigenvalue weighted by atomic mass is 9.75. The predicted octanol–water partition coefficient (Wildman–Crippen LogP) is 4.42. The molecule has 1 heterocycles. The topological polar surface area (TPSA) is 3.01 Å². The first kappa shape index (κ1) is 12.2. The molecule has 0 saturated carbocycles. The quantitative estimate of drug-likeness (QED) is 0.548. The van der Waals surface area contributed by atoms with Crippen LogP contribution < -0.4 is 0 Å². The summed E-state index contributed by atoms with van der Waals surface area (Å²) in [5, 5.41) is 2.69. The van der Waals surface area contributed by atoms with Crippen LogP contribution in [0.4, 0.5) is 5.69 Å². The maximum absolute atomic E-state index is 3.95. The molecule has 2 aromatic carbocycles. The van der Waals surface area contributed by atoms with Crippen molar-refractivity contribution in [3.8, 4) is 0 Å². The molecule has 0 radical (unpaired) electrons. The van der Waals surface area contributed by atoms with E-state index in [0.29, 0.717) is 0 Å². The van der Waals surface area contributed by atoms with E-state index in [-0.39, 0.29) is 5.41 Å². The van der Waals surface area contributed by atoms with Crippen molar-refractivity contribution in [1.82, 2.24) is 0 Å². The fraction of sp³-hybridized carbons (Fsp3) is 0.278. The third-order valence-corrected chi connectivity index (χ3v) is 4.67. The molecule has 1 atom stereocenters. The second-order valence-electron chi connectivity index (χ2n) is 5.65. The highest BCUT2D eigenvalue weighted by Crippen LogP contribution is 2.45. The predicted molar refractivity (Wildman–Crippen MR) is 82.6 cm³/mol. The molecule has 1 heteroatoms. The van der Waals surface area contributed by atoms with E-state index in [2.05, 4.69) is 68.4 Å². The highest BCUT2D eigenvalue weighted by molar-refractivity contribution is 6.01. The van der Waals surface area contributed by atoms with E-state index < -0.39 is 0 Å². The van der Waals surface area contributed by atoms with Gasteiger partial charge in [-0.05, 0) is 30.2 Å². The molecule has 3 rings (SSSR count). The maximum atomic E-state index is 3.95. The molecule has 0 aliphatic carbocycles. The van der Waals surface area contributed by atoms with Gasteiger partial charge in [-0.25, -0.2) is 4.58 Å². The van der Waals surface area contributed by atoms with Gasteiger partial charge in [0, 0.05) is 18.6 Å². The van der Waals surface area contributed by atoms with Crippen molar-refractivity contribution < 1.29 is 4.58 Å². The highest BCUT2D eigenvalue weighted by atomic mass is 15.0. The van der Waals surface area contributed by atoms with Gasteiger partial charge in [-0.2, -0.15) is 0 Å². The molecule has 19 heavy (non-hydrogen) atoms. The molecule has 96 valence electrons. The van der Waals surface area contributed by atoms with Crippen molar-refractivity contribution in [3.05, 3.63) is 54.6 Å². The summed E-state index contributed by atoms with van der Waals surface area (Å²) in [6.07, 6.45) is 3.01. The molecule has 0 aromatic heterocycles. The molecule has 2 aromatic rings. The summed E-state index contributed by atoms with van der Waals surface area (Å²) in [6, 6.07) is 13.1. The van der Waals surface area contributed by atoms with Crippen LogP contribution in [0.3, 0.4) is 0 Å². The SMILES string of the molecule is C=CC[C@@]1(C)C(C)=[N+](C)c2ccc3ccccc3c21. The van der Waals surface area contributed by atoms with Crippen LogP contribution in [-0.4, -0.2) is 17.3 Å². The Hall–Kier alpha value is -1.89. The number of hydrogen-bond donors (Lipinski definition) is 0. The Balaban J connectivity index is 2.41. The van der Waals surface area contributed by atoms with Crippen LogP contribution in [0.15, 0.2) is 49.1 Å². The van der Waals surface area contributed by atoms with E-state index in [1.807, 2.05) is 6.08 Å². The minimum atomic E-state index is 0.0622. The number of allylic oxidation sites excluding steroid dienone is 1. The van der Waals surface area contributed by atoms with Gasteiger partial charge in [0.1, 0.15) is 7.05 Å². The zero-order valence-corrected chi connectivity index (χ0v) is 11.9. The molecule has 0 fully saturated rings. The Bertz CT molecular complexity index is 709. The summed E-state index contributed by atoms with van der Waals surface area (Å²) in [6.45, 7) is 8.52. The first-order valence-electron chi connectivity index (χ1n) is 6.80. The van der Waals surface area contributed by atoms with E-state index in [1.165, 1.54) is 27.7 Å². The summed E-state index contributed by atoms with van der Waals surface area (Å²) >= 11 is 0. The Labute approximate surface area is 114 Å². The number of rotatable bonds is 2. The molecule has 0 saturated heterocycles. The van der Waals surface area contributed by atoms with Crippen molar-refractivity contribution in [1.29, 1.82) is 0 Å². The van der Waals surface area contributed by atoms with Gasteiger partial charge in [-0.3, -0.25) is 0 Å². The van der Waals surface area contributed by atoms with E-state index in [9.17, 15) is 0 Å². The van der Waals surface area contributed by atoms with Crippen molar-refractivity contribution in [2.75, 3.05) is 7.05 Å². The molecular formula is C18H20N+. The van der Waals surface area contributed by atoms with Crippen LogP contribution in [0, 0.1) is 0 Å². The molecule has 0 spiro atoms. The Morgan fingerprint density at radius 2 is 1.95 bits per heavy atom. The monoisotopic (exact) mass is 250 g/mol. The smallest absolute Gasteiger partial charge is 0.202 e. The van der Waals surface area contributed by atoms with E-state index >= 15 is 0 Å². The van der Waals surface area contributed by atoms with Crippen molar-refractivity contribution in [3.63, 3.8) is 0 Å². The number of hydrogen-bond acceptors (Lipinski definition) is 0. The normalized spacial score (nSPS) is 21.8. The van der Waals surface area contributed by atoms with Crippen molar-refractivity contribution in [2.45, 2.75) is 25.7 Å². The largest absolute Gasteiger partial charge is 0.209 e. The first-order valence-corrected chi connectivity index (χ1v) is 6.80. The summed E-state index contributed by atoms with van der Waals surface area (Å²) in [5.41, 5.74) is 4.25. The summed E-state index contributed by atoms with van der Waals surface area (Å²) in [5.74, 6) is 0.